The highest BCUT2D eigenvalue weighted by molar-refractivity contribution is 6.30. The van der Waals surface area contributed by atoms with Crippen molar-refractivity contribution in [2.24, 2.45) is 0 Å². The molecular weight excluding hydrogens is 184 g/mol. The Morgan fingerprint density at radius 1 is 1.38 bits per heavy atom. The van der Waals surface area contributed by atoms with E-state index in [2.05, 4.69) is 6.07 Å². The molecule has 0 saturated heterocycles. The van der Waals surface area contributed by atoms with E-state index in [4.69, 9.17) is 11.6 Å². The number of hydrogen-bond donors (Lipinski definition) is 1. The van der Waals surface area contributed by atoms with Gasteiger partial charge in [-0.3, -0.25) is 0 Å². The highest BCUT2D eigenvalue weighted by Gasteiger charge is 2.39. The second-order valence-corrected chi connectivity index (χ2v) is 4.29. The van der Waals surface area contributed by atoms with Crippen LogP contribution in [0.4, 0.5) is 0 Å². The summed E-state index contributed by atoms with van der Waals surface area (Å²) in [7, 11) is 0. The van der Waals surface area contributed by atoms with Gasteiger partial charge in [-0.25, -0.2) is 0 Å². The Morgan fingerprint density at radius 2 is 2.15 bits per heavy atom. The molecule has 1 nitrogen and oxygen atoms in total. The third kappa shape index (κ3) is 2.45. The molecule has 1 aromatic carbocycles. The van der Waals surface area contributed by atoms with Crippen LogP contribution < -0.4 is 0 Å². The summed E-state index contributed by atoms with van der Waals surface area (Å²) in [6.45, 7) is 0. The summed E-state index contributed by atoms with van der Waals surface area (Å²) in [4.78, 5) is 0. The average molecular weight is 197 g/mol. The van der Waals surface area contributed by atoms with Crippen molar-refractivity contribution in [1.82, 2.24) is 0 Å². The van der Waals surface area contributed by atoms with Gasteiger partial charge in [-0.1, -0.05) is 23.7 Å². The van der Waals surface area contributed by atoms with Crippen LogP contribution in [-0.4, -0.2) is 10.7 Å². The van der Waals surface area contributed by atoms with Gasteiger partial charge in [-0.15, -0.1) is 0 Å². The van der Waals surface area contributed by atoms with E-state index in [0.29, 0.717) is 0 Å². The molecule has 70 valence electrons. The van der Waals surface area contributed by atoms with Crippen molar-refractivity contribution in [3.8, 4) is 0 Å². The first-order chi connectivity index (χ1) is 6.18. The van der Waals surface area contributed by atoms with Crippen molar-refractivity contribution in [2.75, 3.05) is 0 Å². The normalized spacial score (nSPS) is 18.6. The van der Waals surface area contributed by atoms with E-state index in [-0.39, 0.29) is 5.60 Å². The zero-order valence-electron chi connectivity index (χ0n) is 7.46. The van der Waals surface area contributed by atoms with Crippen molar-refractivity contribution >= 4 is 11.6 Å². The van der Waals surface area contributed by atoms with E-state index in [9.17, 15) is 5.11 Å². The van der Waals surface area contributed by atoms with Crippen LogP contribution in [0.5, 0.6) is 0 Å². The fourth-order valence-electron chi connectivity index (χ4n) is 1.46. The van der Waals surface area contributed by atoms with Crippen LogP contribution in [0.3, 0.4) is 0 Å². The lowest BCUT2D eigenvalue weighted by Gasteiger charge is -2.06. The Morgan fingerprint density at radius 3 is 2.77 bits per heavy atom. The van der Waals surface area contributed by atoms with Crippen LogP contribution in [0.2, 0.25) is 5.02 Å². The Bertz CT molecular complexity index is 305. The van der Waals surface area contributed by atoms with Gasteiger partial charge in [0.25, 0.3) is 0 Å². The summed E-state index contributed by atoms with van der Waals surface area (Å²) in [5.41, 5.74) is 0.871. The zero-order valence-corrected chi connectivity index (χ0v) is 8.22. The predicted molar refractivity (Wildman–Crippen MR) is 54.0 cm³/mol. The molecule has 13 heavy (non-hydrogen) atoms. The van der Waals surface area contributed by atoms with Crippen LogP contribution in [0.1, 0.15) is 24.8 Å². The number of rotatable bonds is 3. The summed E-state index contributed by atoms with van der Waals surface area (Å²) in [5.74, 6) is 0. The van der Waals surface area contributed by atoms with E-state index < -0.39 is 0 Å². The summed E-state index contributed by atoms with van der Waals surface area (Å²) >= 11 is 5.85. The summed E-state index contributed by atoms with van der Waals surface area (Å²) in [5, 5.41) is 10.4. The highest BCUT2D eigenvalue weighted by Crippen LogP contribution is 2.39. The molecule has 2 rings (SSSR count). The second-order valence-electron chi connectivity index (χ2n) is 3.85. The minimum absolute atomic E-state index is 0.345. The van der Waals surface area contributed by atoms with Crippen molar-refractivity contribution in [2.45, 2.75) is 31.3 Å². The van der Waals surface area contributed by atoms with E-state index in [1.54, 1.807) is 0 Å². The topological polar surface area (TPSA) is 20.2 Å². The minimum Gasteiger partial charge on any atom is -0.390 e. The standard InChI is InChI=1S/C11H13ClO/c12-10-3-1-2-9(8-10)4-5-11(13)6-7-11/h1-3,8,13H,4-7H2. The molecule has 0 spiro atoms. The van der Waals surface area contributed by atoms with Gasteiger partial charge in [0.1, 0.15) is 0 Å². The van der Waals surface area contributed by atoms with Crippen LogP contribution in [0.25, 0.3) is 0 Å². The third-order valence-corrected chi connectivity index (χ3v) is 2.83. The molecule has 0 aliphatic heterocycles. The first-order valence-electron chi connectivity index (χ1n) is 4.65. The highest BCUT2D eigenvalue weighted by atomic mass is 35.5. The number of benzene rings is 1. The molecule has 1 N–H and O–H groups in total. The number of aliphatic hydroxyl groups is 1. The average Bonchev–Trinajstić information content (AvgIpc) is 2.82. The number of hydrogen-bond acceptors (Lipinski definition) is 1. The van der Waals surface area contributed by atoms with Crippen molar-refractivity contribution in [1.29, 1.82) is 0 Å². The van der Waals surface area contributed by atoms with E-state index >= 15 is 0 Å². The van der Waals surface area contributed by atoms with E-state index in [1.807, 2.05) is 18.2 Å². The Balaban J connectivity index is 1.94. The maximum atomic E-state index is 9.63. The van der Waals surface area contributed by atoms with E-state index in [1.165, 1.54) is 5.56 Å². The number of halogens is 1. The van der Waals surface area contributed by atoms with Crippen molar-refractivity contribution in [3.63, 3.8) is 0 Å². The van der Waals surface area contributed by atoms with Gasteiger partial charge in [-0.05, 0) is 43.4 Å². The lowest BCUT2D eigenvalue weighted by atomic mass is 10.1. The Hall–Kier alpha value is -0.530. The van der Waals surface area contributed by atoms with Gasteiger partial charge in [0.2, 0.25) is 0 Å². The molecule has 1 aromatic rings. The second kappa shape index (κ2) is 3.32. The minimum atomic E-state index is -0.345. The first kappa shape index (κ1) is 9.04. The van der Waals surface area contributed by atoms with Gasteiger partial charge in [-0.2, -0.15) is 0 Å². The van der Waals surface area contributed by atoms with Gasteiger partial charge >= 0.3 is 0 Å². The van der Waals surface area contributed by atoms with Gasteiger partial charge in [0, 0.05) is 5.02 Å². The Kier molecular flexibility index (Phi) is 2.31. The lowest BCUT2D eigenvalue weighted by molar-refractivity contribution is 0.140. The van der Waals surface area contributed by atoms with Crippen LogP contribution >= 0.6 is 11.6 Å². The van der Waals surface area contributed by atoms with Gasteiger partial charge in [0.05, 0.1) is 5.60 Å². The zero-order chi connectivity index (χ0) is 9.31. The molecule has 0 radical (unpaired) electrons. The largest absolute Gasteiger partial charge is 0.390 e. The van der Waals surface area contributed by atoms with E-state index in [0.717, 1.165) is 30.7 Å². The fourth-order valence-corrected chi connectivity index (χ4v) is 1.68. The molecule has 0 unspecified atom stereocenters. The fraction of sp³-hybridized carbons (Fsp3) is 0.455. The quantitative estimate of drug-likeness (QED) is 0.789. The molecule has 0 atom stereocenters. The molecule has 1 aliphatic rings. The van der Waals surface area contributed by atoms with Crippen molar-refractivity contribution < 1.29 is 5.11 Å². The summed E-state index contributed by atoms with van der Waals surface area (Å²) in [6, 6.07) is 7.84. The third-order valence-electron chi connectivity index (χ3n) is 2.60. The monoisotopic (exact) mass is 196 g/mol. The van der Waals surface area contributed by atoms with Crippen LogP contribution in [0, 0.1) is 0 Å². The molecule has 1 fully saturated rings. The molecule has 1 aliphatic carbocycles. The summed E-state index contributed by atoms with van der Waals surface area (Å²) < 4.78 is 0. The lowest BCUT2D eigenvalue weighted by Crippen LogP contribution is -2.07. The molecule has 0 aromatic heterocycles. The smallest absolute Gasteiger partial charge is 0.0653 e. The molecule has 0 bridgehead atoms. The molecule has 0 amide bonds. The van der Waals surface area contributed by atoms with Gasteiger partial charge < -0.3 is 5.11 Å². The molecule has 2 heteroatoms. The van der Waals surface area contributed by atoms with Crippen LogP contribution in [0.15, 0.2) is 24.3 Å². The maximum Gasteiger partial charge on any atom is 0.0653 e. The molecule has 0 heterocycles. The SMILES string of the molecule is OC1(CCc2cccc(Cl)c2)CC1. The molecular formula is C11H13ClO. The van der Waals surface area contributed by atoms with Gasteiger partial charge in [0.15, 0.2) is 0 Å². The van der Waals surface area contributed by atoms with Crippen molar-refractivity contribution in [3.05, 3.63) is 34.9 Å². The van der Waals surface area contributed by atoms with Crippen LogP contribution in [-0.2, 0) is 6.42 Å². The first-order valence-corrected chi connectivity index (χ1v) is 5.03. The molecule has 1 saturated carbocycles. The summed E-state index contributed by atoms with van der Waals surface area (Å²) in [6.07, 6.45) is 3.73. The maximum absolute atomic E-state index is 9.63. The Labute approximate surface area is 83.3 Å². The predicted octanol–water partition coefficient (Wildman–Crippen LogP) is 2.80. The number of aryl methyl sites for hydroxylation is 1.